The largest absolute Gasteiger partial charge is 0.377 e. The monoisotopic (exact) mass is 357 g/mol. The fraction of sp³-hybridized carbons (Fsp3) is 0.812. The number of aryl methyl sites for hydroxylation is 2. The van der Waals surface area contributed by atoms with Crippen LogP contribution in [-0.2, 0) is 18.2 Å². The van der Waals surface area contributed by atoms with Crippen molar-refractivity contribution in [2.45, 2.75) is 63.5 Å². The molecule has 120 valence electrons. The van der Waals surface area contributed by atoms with E-state index in [2.05, 4.69) is 26.3 Å². The third-order valence-corrected chi connectivity index (χ3v) is 6.03. The number of methoxy groups -OCH3 is 1. The van der Waals surface area contributed by atoms with Crippen LogP contribution in [0.4, 0.5) is 0 Å². The van der Waals surface area contributed by atoms with Crippen LogP contribution in [0.1, 0.15) is 49.9 Å². The molecule has 0 bridgehead atoms. The Morgan fingerprint density at radius 3 is 2.38 bits per heavy atom. The highest BCUT2D eigenvalue weighted by Crippen LogP contribution is 2.35. The number of rotatable bonds is 5. The molecule has 1 fully saturated rings. The van der Waals surface area contributed by atoms with Crippen molar-refractivity contribution in [2.75, 3.05) is 14.2 Å². The van der Waals surface area contributed by atoms with E-state index in [0.717, 1.165) is 29.4 Å². The molecule has 0 spiro atoms. The molecule has 1 aliphatic rings. The fourth-order valence-corrected chi connectivity index (χ4v) is 4.17. The van der Waals surface area contributed by atoms with E-state index in [1.807, 2.05) is 32.8 Å². The molecule has 1 atom stereocenters. The maximum absolute atomic E-state index is 6.06. The first kappa shape index (κ1) is 17.0. The summed E-state index contributed by atoms with van der Waals surface area (Å²) in [6.45, 7) is 2.04. The van der Waals surface area contributed by atoms with E-state index in [4.69, 9.17) is 4.74 Å². The van der Waals surface area contributed by atoms with Gasteiger partial charge in [0.1, 0.15) is 0 Å². The van der Waals surface area contributed by atoms with Crippen molar-refractivity contribution in [1.29, 1.82) is 0 Å². The van der Waals surface area contributed by atoms with Crippen molar-refractivity contribution in [3.05, 3.63) is 15.9 Å². The topological polar surface area (TPSA) is 39.1 Å². The first-order valence-electron chi connectivity index (χ1n) is 7.94. The Hall–Kier alpha value is -0.390. The van der Waals surface area contributed by atoms with Gasteiger partial charge in [-0.15, -0.1) is 0 Å². The molecule has 0 aliphatic heterocycles. The summed E-state index contributed by atoms with van der Waals surface area (Å²) in [5.41, 5.74) is 2.24. The van der Waals surface area contributed by atoms with Crippen LogP contribution in [0, 0.1) is 6.92 Å². The van der Waals surface area contributed by atoms with Gasteiger partial charge in [0.15, 0.2) is 0 Å². The Balaban J connectivity index is 2.24. The Morgan fingerprint density at radius 1 is 1.33 bits per heavy atom. The van der Waals surface area contributed by atoms with E-state index in [1.165, 1.54) is 31.4 Å². The van der Waals surface area contributed by atoms with Gasteiger partial charge in [-0.25, -0.2) is 0 Å². The zero-order valence-corrected chi connectivity index (χ0v) is 15.3. The van der Waals surface area contributed by atoms with Crippen molar-refractivity contribution in [2.24, 2.45) is 7.05 Å². The first-order valence-corrected chi connectivity index (χ1v) is 8.74. The van der Waals surface area contributed by atoms with E-state index in [1.54, 1.807) is 0 Å². The van der Waals surface area contributed by atoms with Crippen molar-refractivity contribution < 1.29 is 4.74 Å². The maximum Gasteiger partial charge on any atom is 0.0834 e. The molecule has 5 heteroatoms. The van der Waals surface area contributed by atoms with Crippen molar-refractivity contribution in [3.8, 4) is 0 Å². The quantitative estimate of drug-likeness (QED) is 0.821. The maximum atomic E-state index is 6.06. The van der Waals surface area contributed by atoms with E-state index in [-0.39, 0.29) is 5.60 Å². The van der Waals surface area contributed by atoms with E-state index in [0.29, 0.717) is 6.04 Å². The fourth-order valence-electron chi connectivity index (χ4n) is 3.67. The minimum absolute atomic E-state index is 0.0527. The van der Waals surface area contributed by atoms with Crippen molar-refractivity contribution in [1.82, 2.24) is 15.1 Å². The summed E-state index contributed by atoms with van der Waals surface area (Å²) in [4.78, 5) is 0. The van der Waals surface area contributed by atoms with Crippen LogP contribution in [0.15, 0.2) is 4.47 Å². The summed E-state index contributed by atoms with van der Waals surface area (Å²) in [5, 5.41) is 8.03. The zero-order chi connectivity index (χ0) is 15.5. The van der Waals surface area contributed by atoms with Gasteiger partial charge >= 0.3 is 0 Å². The molecule has 0 radical (unpaired) electrons. The normalized spacial score (nSPS) is 20.2. The van der Waals surface area contributed by atoms with Gasteiger partial charge in [0, 0.05) is 26.6 Å². The minimum Gasteiger partial charge on any atom is -0.377 e. The number of nitrogens with zero attached hydrogens (tertiary/aromatic N) is 2. The second-order valence-corrected chi connectivity index (χ2v) is 6.99. The van der Waals surface area contributed by atoms with Gasteiger partial charge in [-0.05, 0) is 42.7 Å². The van der Waals surface area contributed by atoms with Crippen LogP contribution in [0.5, 0.6) is 0 Å². The van der Waals surface area contributed by atoms with Crippen LogP contribution in [0.2, 0.25) is 0 Å². The molecule has 4 nitrogen and oxygen atoms in total. The van der Waals surface area contributed by atoms with Crippen LogP contribution >= 0.6 is 15.9 Å². The van der Waals surface area contributed by atoms with Crippen LogP contribution in [0.3, 0.4) is 0 Å². The SMILES string of the molecule is CNC(Cc1c(Br)c(C)nn1C)C1(OC)CCCCCC1. The lowest BCUT2D eigenvalue weighted by Gasteiger charge is -2.39. The molecule has 21 heavy (non-hydrogen) atoms. The summed E-state index contributed by atoms with van der Waals surface area (Å²) in [7, 11) is 5.94. The minimum atomic E-state index is -0.0527. The molecule has 0 saturated heterocycles. The molecule has 1 N–H and O–H groups in total. The standard InChI is InChI=1S/C16H28BrN3O/c1-12-15(17)13(20(3)19-12)11-14(18-2)16(21-4)9-7-5-6-8-10-16/h14,18H,5-11H2,1-4H3. The molecule has 2 rings (SSSR count). The van der Waals surface area contributed by atoms with Crippen molar-refractivity contribution >= 4 is 15.9 Å². The first-order chi connectivity index (χ1) is 10.0. The van der Waals surface area contributed by atoms with Gasteiger partial charge in [0.25, 0.3) is 0 Å². The summed E-state index contributed by atoms with van der Waals surface area (Å²) >= 11 is 3.69. The molecule has 0 aromatic carbocycles. The Morgan fingerprint density at radius 2 is 1.95 bits per heavy atom. The lowest BCUT2D eigenvalue weighted by molar-refractivity contribution is -0.0513. The molecular formula is C16H28BrN3O. The van der Waals surface area contributed by atoms with Crippen molar-refractivity contribution in [3.63, 3.8) is 0 Å². The Kier molecular flexibility index (Phi) is 5.86. The summed E-state index contributed by atoms with van der Waals surface area (Å²) in [5.74, 6) is 0. The number of nitrogens with one attached hydrogen (secondary N) is 1. The highest BCUT2D eigenvalue weighted by Gasteiger charge is 2.39. The summed E-state index contributed by atoms with van der Waals surface area (Å²) < 4.78 is 9.18. The van der Waals surface area contributed by atoms with Crippen LogP contribution in [-0.4, -0.2) is 35.6 Å². The molecule has 0 amide bonds. The van der Waals surface area contributed by atoms with E-state index >= 15 is 0 Å². The lowest BCUT2D eigenvalue weighted by atomic mass is 9.83. The molecule has 1 aromatic rings. The van der Waals surface area contributed by atoms with E-state index < -0.39 is 0 Å². The van der Waals surface area contributed by atoms with Crippen LogP contribution < -0.4 is 5.32 Å². The van der Waals surface area contributed by atoms with Gasteiger partial charge < -0.3 is 10.1 Å². The predicted molar refractivity (Wildman–Crippen MR) is 89.6 cm³/mol. The third-order valence-electron chi connectivity index (χ3n) is 5.00. The molecule has 1 aliphatic carbocycles. The molecule has 1 heterocycles. The molecule has 1 saturated carbocycles. The van der Waals surface area contributed by atoms with Gasteiger partial charge in [-0.2, -0.15) is 5.10 Å². The van der Waals surface area contributed by atoms with Gasteiger partial charge in [-0.1, -0.05) is 25.7 Å². The average molecular weight is 358 g/mol. The number of hydrogen-bond donors (Lipinski definition) is 1. The summed E-state index contributed by atoms with van der Waals surface area (Å²) in [6, 6.07) is 0.312. The predicted octanol–water partition coefficient (Wildman–Crippen LogP) is 3.36. The molecule has 1 aromatic heterocycles. The van der Waals surface area contributed by atoms with Gasteiger partial charge in [0.2, 0.25) is 0 Å². The second kappa shape index (κ2) is 7.25. The average Bonchev–Trinajstić information content (AvgIpc) is 2.67. The number of likely N-dealkylation sites (N-methyl/N-ethyl adjacent to an activating group) is 1. The highest BCUT2D eigenvalue weighted by molar-refractivity contribution is 9.10. The smallest absolute Gasteiger partial charge is 0.0834 e. The molecule has 1 unspecified atom stereocenters. The number of halogens is 1. The van der Waals surface area contributed by atoms with Gasteiger partial charge in [0.05, 0.1) is 21.5 Å². The highest BCUT2D eigenvalue weighted by atomic mass is 79.9. The van der Waals surface area contributed by atoms with E-state index in [9.17, 15) is 0 Å². The Labute approximate surface area is 136 Å². The Bertz CT molecular complexity index is 464. The number of ether oxygens (including phenoxy) is 1. The molecular weight excluding hydrogens is 330 g/mol. The van der Waals surface area contributed by atoms with Gasteiger partial charge in [-0.3, -0.25) is 4.68 Å². The number of hydrogen-bond acceptors (Lipinski definition) is 3. The lowest BCUT2D eigenvalue weighted by Crippen LogP contribution is -2.52. The second-order valence-electron chi connectivity index (χ2n) is 6.20. The third kappa shape index (κ3) is 3.51. The zero-order valence-electron chi connectivity index (χ0n) is 13.7. The van der Waals surface area contributed by atoms with Crippen LogP contribution in [0.25, 0.3) is 0 Å². The number of aromatic nitrogens is 2. The summed E-state index contributed by atoms with van der Waals surface area (Å²) in [6.07, 6.45) is 8.40.